The largest absolute Gasteiger partial charge is 0.324 e. The average molecular weight is 359 g/mol. The third-order valence-corrected chi connectivity index (χ3v) is 5.24. The van der Waals surface area contributed by atoms with Gasteiger partial charge in [0.15, 0.2) is 5.16 Å². The molecular weight excluding hydrogens is 342 g/mol. The highest BCUT2D eigenvalue weighted by atomic mass is 32.2. The van der Waals surface area contributed by atoms with E-state index < -0.39 is 0 Å². The van der Waals surface area contributed by atoms with E-state index >= 15 is 0 Å². The number of amides is 1. The number of nitrogens with one attached hydrogen (secondary N) is 1. The van der Waals surface area contributed by atoms with Crippen molar-refractivity contribution < 1.29 is 4.79 Å². The minimum atomic E-state index is -0.239. The Morgan fingerprint density at radius 3 is 2.83 bits per heavy atom. The van der Waals surface area contributed by atoms with E-state index in [1.807, 2.05) is 49.7 Å². The predicted octanol–water partition coefficient (Wildman–Crippen LogP) is 3.44. The minimum absolute atomic E-state index is 0.0524. The molecule has 0 unspecified atom stereocenters. The Bertz CT molecular complexity index is 976. The summed E-state index contributed by atoms with van der Waals surface area (Å²) in [5, 5.41) is 5.25. The van der Waals surface area contributed by atoms with E-state index in [0.717, 1.165) is 16.8 Å². The number of aromatic nitrogens is 2. The monoisotopic (exact) mass is 359 g/mol. The fourth-order valence-electron chi connectivity index (χ4n) is 2.51. The predicted molar refractivity (Wildman–Crippen MR) is 100 cm³/mol. The first-order valence-electron chi connectivity index (χ1n) is 7.38. The zero-order valence-corrected chi connectivity index (χ0v) is 15.3. The summed E-state index contributed by atoms with van der Waals surface area (Å²) in [6, 6.07) is 7.65. The molecule has 0 aliphatic rings. The van der Waals surface area contributed by atoms with Crippen molar-refractivity contribution in [3.05, 3.63) is 51.1 Å². The Balaban J connectivity index is 1.90. The smallest absolute Gasteiger partial charge is 0.272 e. The van der Waals surface area contributed by atoms with Gasteiger partial charge in [0.25, 0.3) is 5.56 Å². The second kappa shape index (κ2) is 6.78. The second-order valence-electron chi connectivity index (χ2n) is 5.49. The summed E-state index contributed by atoms with van der Waals surface area (Å²) < 4.78 is 2.01. The van der Waals surface area contributed by atoms with Crippen molar-refractivity contribution in [2.24, 2.45) is 0 Å². The van der Waals surface area contributed by atoms with E-state index in [0.29, 0.717) is 15.4 Å². The van der Waals surface area contributed by atoms with Gasteiger partial charge >= 0.3 is 0 Å². The Morgan fingerprint density at radius 2 is 2.12 bits per heavy atom. The van der Waals surface area contributed by atoms with E-state index in [9.17, 15) is 9.59 Å². The maximum atomic E-state index is 12.6. The van der Waals surface area contributed by atoms with E-state index in [4.69, 9.17) is 0 Å². The molecule has 0 fully saturated rings. The van der Waals surface area contributed by atoms with Crippen LogP contribution in [0.25, 0.3) is 10.2 Å². The van der Waals surface area contributed by atoms with Crippen LogP contribution in [0.3, 0.4) is 0 Å². The Labute approximate surface area is 147 Å². The molecular formula is C17H17N3O2S2. The number of hydrogen-bond acceptors (Lipinski definition) is 5. The molecule has 0 aliphatic heterocycles. The number of nitrogens with zero attached hydrogens (tertiary/aromatic N) is 2. The third kappa shape index (κ3) is 3.22. The van der Waals surface area contributed by atoms with Gasteiger partial charge in [-0.25, -0.2) is 4.98 Å². The average Bonchev–Trinajstić information content (AvgIpc) is 3.01. The van der Waals surface area contributed by atoms with Gasteiger partial charge in [0, 0.05) is 5.69 Å². The van der Waals surface area contributed by atoms with Crippen LogP contribution in [0.4, 0.5) is 5.69 Å². The summed E-state index contributed by atoms with van der Waals surface area (Å²) in [4.78, 5) is 29.5. The van der Waals surface area contributed by atoms with Crippen LogP contribution in [0.15, 0.2) is 39.6 Å². The van der Waals surface area contributed by atoms with Crippen LogP contribution in [0.1, 0.15) is 11.1 Å². The van der Waals surface area contributed by atoms with Gasteiger partial charge in [-0.3, -0.25) is 14.2 Å². The summed E-state index contributed by atoms with van der Waals surface area (Å²) in [6.45, 7) is 3.90. The van der Waals surface area contributed by atoms with Crippen molar-refractivity contribution in [1.29, 1.82) is 0 Å². The lowest BCUT2D eigenvalue weighted by Crippen LogP contribution is -2.29. The minimum Gasteiger partial charge on any atom is -0.324 e. The van der Waals surface area contributed by atoms with Crippen LogP contribution >= 0.6 is 23.1 Å². The SMILES string of the molecule is CSc1nc2ccsc2c(=O)n1CC(=O)Nc1ccc(C)cc1C. The van der Waals surface area contributed by atoms with Crippen molar-refractivity contribution in [3.63, 3.8) is 0 Å². The van der Waals surface area contributed by atoms with Crippen molar-refractivity contribution in [1.82, 2.24) is 9.55 Å². The Morgan fingerprint density at radius 1 is 1.33 bits per heavy atom. The van der Waals surface area contributed by atoms with E-state index in [2.05, 4.69) is 10.3 Å². The summed E-state index contributed by atoms with van der Waals surface area (Å²) in [5.41, 5.74) is 3.40. The molecule has 1 aromatic carbocycles. The van der Waals surface area contributed by atoms with Crippen LogP contribution in [-0.4, -0.2) is 21.7 Å². The number of rotatable bonds is 4. The van der Waals surface area contributed by atoms with Gasteiger partial charge in [-0.2, -0.15) is 0 Å². The fourth-order valence-corrected chi connectivity index (χ4v) is 3.84. The van der Waals surface area contributed by atoms with E-state index in [1.54, 1.807) is 0 Å². The first-order chi connectivity index (χ1) is 11.5. The highest BCUT2D eigenvalue weighted by molar-refractivity contribution is 7.98. The highest BCUT2D eigenvalue weighted by Gasteiger charge is 2.15. The van der Waals surface area contributed by atoms with E-state index in [1.165, 1.54) is 27.7 Å². The summed E-state index contributed by atoms with van der Waals surface area (Å²) >= 11 is 2.70. The molecule has 124 valence electrons. The molecule has 24 heavy (non-hydrogen) atoms. The number of fused-ring (bicyclic) bond motifs is 1. The molecule has 3 rings (SSSR count). The number of aryl methyl sites for hydroxylation is 2. The van der Waals surface area contributed by atoms with Gasteiger partial charge in [0.05, 0.1) is 5.52 Å². The molecule has 3 aromatic rings. The normalized spacial score (nSPS) is 11.0. The van der Waals surface area contributed by atoms with Crippen molar-refractivity contribution in [3.8, 4) is 0 Å². The molecule has 0 aliphatic carbocycles. The maximum absolute atomic E-state index is 12.6. The van der Waals surface area contributed by atoms with Crippen molar-refractivity contribution in [2.45, 2.75) is 25.5 Å². The fraction of sp³-hybridized carbons (Fsp3) is 0.235. The van der Waals surface area contributed by atoms with Gasteiger partial charge in [0.2, 0.25) is 5.91 Å². The lowest BCUT2D eigenvalue weighted by Gasteiger charge is -2.12. The molecule has 0 saturated carbocycles. The number of benzene rings is 1. The number of carbonyl (C=O) groups is 1. The molecule has 2 heterocycles. The molecule has 7 heteroatoms. The van der Waals surface area contributed by atoms with Gasteiger partial charge in [-0.1, -0.05) is 29.5 Å². The van der Waals surface area contributed by atoms with Crippen LogP contribution in [0.2, 0.25) is 0 Å². The molecule has 5 nitrogen and oxygen atoms in total. The Hall–Kier alpha value is -2.12. The second-order valence-corrected chi connectivity index (χ2v) is 7.18. The van der Waals surface area contributed by atoms with Crippen LogP contribution < -0.4 is 10.9 Å². The topological polar surface area (TPSA) is 64.0 Å². The first kappa shape index (κ1) is 16.7. The summed E-state index contributed by atoms with van der Waals surface area (Å²) in [7, 11) is 0. The highest BCUT2D eigenvalue weighted by Crippen LogP contribution is 2.20. The standard InChI is InChI=1S/C17H17N3O2S2/c1-10-4-5-12(11(2)8-10)18-14(21)9-20-16(22)15-13(6-7-24-15)19-17(20)23-3/h4-8H,9H2,1-3H3,(H,18,21). The lowest BCUT2D eigenvalue weighted by molar-refractivity contribution is -0.116. The molecule has 1 amide bonds. The van der Waals surface area contributed by atoms with Crippen LogP contribution in [-0.2, 0) is 11.3 Å². The van der Waals surface area contributed by atoms with Crippen molar-refractivity contribution >= 4 is 44.9 Å². The lowest BCUT2D eigenvalue weighted by atomic mass is 10.1. The maximum Gasteiger partial charge on any atom is 0.272 e. The molecule has 0 atom stereocenters. The molecule has 0 spiro atoms. The van der Waals surface area contributed by atoms with Gasteiger partial charge in [-0.05, 0) is 43.2 Å². The first-order valence-corrected chi connectivity index (χ1v) is 9.49. The number of carbonyl (C=O) groups excluding carboxylic acids is 1. The summed E-state index contributed by atoms with van der Waals surface area (Å²) in [5.74, 6) is -0.239. The third-order valence-electron chi connectivity index (χ3n) is 3.67. The zero-order chi connectivity index (χ0) is 17.3. The van der Waals surface area contributed by atoms with Crippen LogP contribution in [0.5, 0.6) is 0 Å². The molecule has 0 radical (unpaired) electrons. The summed E-state index contributed by atoms with van der Waals surface area (Å²) in [6.07, 6.45) is 1.85. The van der Waals surface area contributed by atoms with Gasteiger partial charge in [0.1, 0.15) is 11.2 Å². The number of thioether (sulfide) groups is 1. The zero-order valence-electron chi connectivity index (χ0n) is 13.6. The number of anilines is 1. The quantitative estimate of drug-likeness (QED) is 0.572. The van der Waals surface area contributed by atoms with E-state index in [-0.39, 0.29) is 18.0 Å². The number of hydrogen-bond donors (Lipinski definition) is 1. The van der Waals surface area contributed by atoms with Crippen LogP contribution in [0, 0.1) is 13.8 Å². The Kier molecular flexibility index (Phi) is 4.73. The van der Waals surface area contributed by atoms with Gasteiger partial charge < -0.3 is 5.32 Å². The van der Waals surface area contributed by atoms with Crippen molar-refractivity contribution in [2.75, 3.05) is 11.6 Å². The molecule has 0 bridgehead atoms. The molecule has 0 saturated heterocycles. The molecule has 2 aromatic heterocycles. The van der Waals surface area contributed by atoms with Gasteiger partial charge in [-0.15, -0.1) is 11.3 Å². The molecule has 1 N–H and O–H groups in total. The number of thiophene rings is 1.